The molecule has 1 atom stereocenters. The standard InChI is InChI=1S/C27H26N8O/c1-3-34-25(20-9-12-28-13-10-20)31-22-26(34)32-24(33-27(22)35-15-16-36-17-18(35)2)21-11-14-29-23(30-21)19-7-5-4-6-8-19/h4-14,18H,3,15-17H2,1-2H3. The van der Waals surface area contributed by atoms with Crippen molar-refractivity contribution in [2.24, 2.45) is 0 Å². The molecule has 0 radical (unpaired) electrons. The number of nitrogens with zero attached hydrogens (tertiary/aromatic N) is 8. The first-order valence-electron chi connectivity index (χ1n) is 12.1. The maximum absolute atomic E-state index is 5.71. The van der Waals surface area contributed by atoms with Gasteiger partial charge >= 0.3 is 0 Å². The highest BCUT2D eigenvalue weighted by Gasteiger charge is 2.27. The first-order valence-corrected chi connectivity index (χ1v) is 12.1. The summed E-state index contributed by atoms with van der Waals surface area (Å²) in [6.45, 7) is 6.96. The predicted molar refractivity (Wildman–Crippen MR) is 138 cm³/mol. The van der Waals surface area contributed by atoms with E-state index in [0.29, 0.717) is 37.1 Å². The molecule has 0 spiro atoms. The van der Waals surface area contributed by atoms with Crippen molar-refractivity contribution in [2.75, 3.05) is 24.7 Å². The zero-order valence-corrected chi connectivity index (χ0v) is 20.2. The minimum absolute atomic E-state index is 0.158. The summed E-state index contributed by atoms with van der Waals surface area (Å²) in [6.07, 6.45) is 5.32. The van der Waals surface area contributed by atoms with E-state index in [2.05, 4.69) is 33.3 Å². The summed E-state index contributed by atoms with van der Waals surface area (Å²) < 4.78 is 7.84. The van der Waals surface area contributed by atoms with E-state index >= 15 is 0 Å². The van der Waals surface area contributed by atoms with Crippen LogP contribution in [0, 0.1) is 0 Å². The molecule has 180 valence electrons. The third-order valence-corrected chi connectivity index (χ3v) is 6.39. The molecule has 0 amide bonds. The number of morpholine rings is 1. The molecule has 0 aliphatic carbocycles. The van der Waals surface area contributed by atoms with Gasteiger partial charge in [-0.05, 0) is 32.0 Å². The predicted octanol–water partition coefficient (Wildman–Crippen LogP) is 4.26. The Bertz CT molecular complexity index is 1500. The van der Waals surface area contributed by atoms with Gasteiger partial charge in [-0.25, -0.2) is 24.9 Å². The molecule has 1 aliphatic heterocycles. The second-order valence-corrected chi connectivity index (χ2v) is 8.71. The summed E-state index contributed by atoms with van der Waals surface area (Å²) in [5.41, 5.74) is 4.16. The molecule has 9 heteroatoms. The average Bonchev–Trinajstić information content (AvgIpc) is 3.33. The van der Waals surface area contributed by atoms with Gasteiger partial charge in [-0.15, -0.1) is 0 Å². The van der Waals surface area contributed by atoms with Gasteiger partial charge < -0.3 is 14.2 Å². The van der Waals surface area contributed by atoms with E-state index in [1.165, 1.54) is 0 Å². The lowest BCUT2D eigenvalue weighted by atomic mass is 10.2. The Kier molecular flexibility index (Phi) is 5.82. The summed E-state index contributed by atoms with van der Waals surface area (Å²) in [6, 6.07) is 15.9. The second-order valence-electron chi connectivity index (χ2n) is 8.71. The quantitative estimate of drug-likeness (QED) is 0.370. The summed E-state index contributed by atoms with van der Waals surface area (Å²) in [5, 5.41) is 0. The summed E-state index contributed by atoms with van der Waals surface area (Å²) in [7, 11) is 0. The van der Waals surface area contributed by atoms with Crippen molar-refractivity contribution in [3.05, 3.63) is 67.1 Å². The SMILES string of the molecule is CCn1c(-c2ccncc2)nc2c(N3CCOCC3C)nc(-c3ccnc(-c4ccccc4)n3)nc21. The average molecular weight is 479 g/mol. The van der Waals surface area contributed by atoms with Crippen LogP contribution in [0.1, 0.15) is 13.8 Å². The largest absolute Gasteiger partial charge is 0.377 e. The first kappa shape index (κ1) is 22.2. The van der Waals surface area contributed by atoms with Crippen molar-refractivity contribution in [1.82, 2.24) is 34.5 Å². The Hall–Kier alpha value is -4.24. The number of aromatic nitrogens is 7. The number of anilines is 1. The van der Waals surface area contributed by atoms with Crippen molar-refractivity contribution in [3.8, 4) is 34.3 Å². The third kappa shape index (κ3) is 3.97. The molecule has 1 unspecified atom stereocenters. The fourth-order valence-electron chi connectivity index (χ4n) is 4.57. The lowest BCUT2D eigenvalue weighted by Crippen LogP contribution is -2.44. The molecule has 5 aromatic rings. The highest BCUT2D eigenvalue weighted by Crippen LogP contribution is 2.32. The molecule has 0 saturated carbocycles. The van der Waals surface area contributed by atoms with Crippen molar-refractivity contribution in [2.45, 2.75) is 26.4 Å². The van der Waals surface area contributed by atoms with Gasteiger partial charge in [0.15, 0.2) is 28.6 Å². The highest BCUT2D eigenvalue weighted by molar-refractivity contribution is 5.89. The van der Waals surface area contributed by atoms with Crippen LogP contribution in [0.3, 0.4) is 0 Å². The molecule has 4 aromatic heterocycles. The Labute approximate surface area is 208 Å². The van der Waals surface area contributed by atoms with Crippen LogP contribution in [0.5, 0.6) is 0 Å². The number of ether oxygens (including phenoxy) is 1. The number of benzene rings is 1. The maximum atomic E-state index is 5.71. The van der Waals surface area contributed by atoms with Gasteiger partial charge in [0.25, 0.3) is 0 Å². The Morgan fingerprint density at radius 1 is 0.889 bits per heavy atom. The van der Waals surface area contributed by atoms with Gasteiger partial charge in [-0.2, -0.15) is 0 Å². The fraction of sp³-hybridized carbons (Fsp3) is 0.259. The second kappa shape index (κ2) is 9.43. The molecular weight excluding hydrogens is 452 g/mol. The van der Waals surface area contributed by atoms with Gasteiger partial charge in [0.2, 0.25) is 0 Å². The fourth-order valence-corrected chi connectivity index (χ4v) is 4.57. The number of aryl methyl sites for hydroxylation is 1. The van der Waals surface area contributed by atoms with Gasteiger partial charge in [0, 0.05) is 42.8 Å². The number of imidazole rings is 1. The lowest BCUT2D eigenvalue weighted by molar-refractivity contribution is 0.0987. The van der Waals surface area contributed by atoms with E-state index in [4.69, 9.17) is 24.7 Å². The number of hydrogen-bond acceptors (Lipinski definition) is 8. The number of rotatable bonds is 5. The molecular formula is C27H26N8O. The molecule has 1 aromatic carbocycles. The van der Waals surface area contributed by atoms with E-state index in [9.17, 15) is 0 Å². The maximum Gasteiger partial charge on any atom is 0.182 e. The van der Waals surface area contributed by atoms with Gasteiger partial charge in [-0.3, -0.25) is 4.98 Å². The molecule has 0 bridgehead atoms. The van der Waals surface area contributed by atoms with Gasteiger partial charge in [0.1, 0.15) is 11.5 Å². The topological polar surface area (TPSA) is 94.7 Å². The van der Waals surface area contributed by atoms with Crippen molar-refractivity contribution < 1.29 is 4.74 Å². The van der Waals surface area contributed by atoms with E-state index in [0.717, 1.165) is 40.5 Å². The van der Waals surface area contributed by atoms with Crippen LogP contribution in [-0.2, 0) is 11.3 Å². The third-order valence-electron chi connectivity index (χ3n) is 6.39. The molecule has 6 rings (SSSR count). The zero-order chi connectivity index (χ0) is 24.5. The smallest absolute Gasteiger partial charge is 0.182 e. The number of fused-ring (bicyclic) bond motifs is 1. The number of pyridine rings is 1. The van der Waals surface area contributed by atoms with Crippen molar-refractivity contribution >= 4 is 17.0 Å². The Morgan fingerprint density at radius 3 is 2.50 bits per heavy atom. The molecule has 1 fully saturated rings. The monoisotopic (exact) mass is 478 g/mol. The summed E-state index contributed by atoms with van der Waals surface area (Å²) in [5.74, 6) is 2.83. The zero-order valence-electron chi connectivity index (χ0n) is 20.2. The van der Waals surface area contributed by atoms with Crippen LogP contribution < -0.4 is 4.90 Å². The Balaban J connectivity index is 1.57. The summed E-state index contributed by atoms with van der Waals surface area (Å²) >= 11 is 0. The normalized spacial score (nSPS) is 15.9. The van der Waals surface area contributed by atoms with Crippen LogP contribution in [0.2, 0.25) is 0 Å². The van der Waals surface area contributed by atoms with Crippen LogP contribution in [-0.4, -0.2) is 60.3 Å². The lowest BCUT2D eigenvalue weighted by Gasteiger charge is -2.34. The van der Waals surface area contributed by atoms with Crippen LogP contribution in [0.4, 0.5) is 5.82 Å². The van der Waals surface area contributed by atoms with E-state index in [1.807, 2.05) is 48.5 Å². The number of hydrogen-bond donors (Lipinski definition) is 0. The van der Waals surface area contributed by atoms with Crippen LogP contribution in [0.25, 0.3) is 45.5 Å². The molecule has 1 saturated heterocycles. The molecule has 0 N–H and O–H groups in total. The van der Waals surface area contributed by atoms with Gasteiger partial charge in [0.05, 0.1) is 19.3 Å². The molecule has 9 nitrogen and oxygen atoms in total. The van der Waals surface area contributed by atoms with E-state index in [-0.39, 0.29) is 6.04 Å². The minimum Gasteiger partial charge on any atom is -0.377 e. The van der Waals surface area contributed by atoms with Crippen molar-refractivity contribution in [3.63, 3.8) is 0 Å². The van der Waals surface area contributed by atoms with Crippen molar-refractivity contribution in [1.29, 1.82) is 0 Å². The van der Waals surface area contributed by atoms with E-state index in [1.54, 1.807) is 18.6 Å². The van der Waals surface area contributed by atoms with E-state index < -0.39 is 0 Å². The highest BCUT2D eigenvalue weighted by atomic mass is 16.5. The minimum atomic E-state index is 0.158. The molecule has 5 heterocycles. The molecule has 1 aliphatic rings. The van der Waals surface area contributed by atoms with Gasteiger partial charge in [-0.1, -0.05) is 30.3 Å². The summed E-state index contributed by atoms with van der Waals surface area (Å²) in [4.78, 5) is 30.8. The molecule has 36 heavy (non-hydrogen) atoms. The van der Waals surface area contributed by atoms with Crippen LogP contribution in [0.15, 0.2) is 67.1 Å². The Morgan fingerprint density at radius 2 is 1.72 bits per heavy atom. The van der Waals surface area contributed by atoms with Crippen LogP contribution >= 0.6 is 0 Å². The first-order chi connectivity index (χ1) is 17.7.